The summed E-state index contributed by atoms with van der Waals surface area (Å²) in [4.78, 5) is 22.2. The van der Waals surface area contributed by atoms with Gasteiger partial charge in [0.25, 0.3) is 0 Å². The minimum Gasteiger partial charge on any atom is -0.394 e. The van der Waals surface area contributed by atoms with Crippen molar-refractivity contribution in [3.63, 3.8) is 0 Å². The fourth-order valence-electron chi connectivity index (χ4n) is 0.699. The first-order chi connectivity index (χ1) is 6.65. The van der Waals surface area contributed by atoms with E-state index in [0.29, 0.717) is 0 Å². The molecule has 1 atom stereocenters. The van der Waals surface area contributed by atoms with Crippen molar-refractivity contribution < 1.29 is 14.7 Å². The van der Waals surface area contributed by atoms with Crippen molar-refractivity contribution in [1.29, 1.82) is 0 Å². The molecule has 0 aliphatic carbocycles. The molecule has 0 aromatic carbocycles. The van der Waals surface area contributed by atoms with Crippen LogP contribution in [0, 0.1) is 0 Å². The smallest absolute Gasteiger partial charge is 0.234 e. The highest BCUT2D eigenvalue weighted by Gasteiger charge is 2.18. The van der Waals surface area contributed by atoms with Gasteiger partial charge in [0.2, 0.25) is 5.91 Å². The Morgan fingerprint density at radius 1 is 1.57 bits per heavy atom. The lowest BCUT2D eigenvalue weighted by molar-refractivity contribution is -0.126. The van der Waals surface area contributed by atoms with Gasteiger partial charge in [-0.3, -0.25) is 9.59 Å². The van der Waals surface area contributed by atoms with Crippen molar-refractivity contribution in [3.8, 4) is 0 Å². The standard InChI is InChI=1S/C7H14N2O3S2/c1-13-14-4-6(11)5(3-10)9-7(12)2-8/h5,10H,2-4,8H2,1H3,(H,9,12). The maximum Gasteiger partial charge on any atom is 0.234 e. The minimum atomic E-state index is -0.828. The summed E-state index contributed by atoms with van der Waals surface area (Å²) in [5.41, 5.74) is 5.06. The number of Topliss-reactive ketones (excluding diaryl/α,β-unsaturated/α-hetero) is 1. The Kier molecular flexibility index (Phi) is 7.96. The van der Waals surface area contributed by atoms with Crippen LogP contribution in [0.3, 0.4) is 0 Å². The molecule has 7 heteroatoms. The average molecular weight is 238 g/mol. The molecule has 0 radical (unpaired) electrons. The molecule has 0 saturated heterocycles. The third kappa shape index (κ3) is 5.48. The molecule has 82 valence electrons. The van der Waals surface area contributed by atoms with Crippen LogP contribution in [0.15, 0.2) is 0 Å². The average Bonchev–Trinajstić information content (AvgIpc) is 2.21. The Hall–Kier alpha value is -0.240. The maximum atomic E-state index is 11.3. The largest absolute Gasteiger partial charge is 0.394 e. The summed E-state index contributed by atoms with van der Waals surface area (Å²) in [7, 11) is 2.83. The molecule has 0 spiro atoms. The minimum absolute atomic E-state index is 0.181. The lowest BCUT2D eigenvalue weighted by atomic mass is 10.2. The summed E-state index contributed by atoms with van der Waals surface area (Å²) in [6.07, 6.45) is 1.85. The monoisotopic (exact) mass is 238 g/mol. The van der Waals surface area contributed by atoms with E-state index < -0.39 is 11.9 Å². The molecule has 0 fully saturated rings. The summed E-state index contributed by atoms with van der Waals surface area (Å²) in [6.45, 7) is -0.570. The molecular weight excluding hydrogens is 224 g/mol. The third-order valence-electron chi connectivity index (χ3n) is 1.41. The van der Waals surface area contributed by atoms with Crippen molar-refractivity contribution in [2.75, 3.05) is 25.2 Å². The van der Waals surface area contributed by atoms with E-state index in [4.69, 9.17) is 10.8 Å². The van der Waals surface area contributed by atoms with E-state index in [-0.39, 0.29) is 24.7 Å². The van der Waals surface area contributed by atoms with Crippen LogP contribution < -0.4 is 11.1 Å². The van der Waals surface area contributed by atoms with Crippen molar-refractivity contribution in [2.24, 2.45) is 5.73 Å². The van der Waals surface area contributed by atoms with E-state index in [9.17, 15) is 9.59 Å². The highest BCUT2D eigenvalue weighted by molar-refractivity contribution is 8.76. The summed E-state index contributed by atoms with van der Waals surface area (Å²) < 4.78 is 0. The third-order valence-corrected chi connectivity index (χ3v) is 3.11. The van der Waals surface area contributed by atoms with Crippen LogP contribution in [-0.2, 0) is 9.59 Å². The van der Waals surface area contributed by atoms with Crippen molar-refractivity contribution in [2.45, 2.75) is 6.04 Å². The number of hydrogen-bond acceptors (Lipinski definition) is 6. The van der Waals surface area contributed by atoms with Gasteiger partial charge in [-0.25, -0.2) is 0 Å². The molecule has 1 unspecified atom stereocenters. The van der Waals surface area contributed by atoms with Gasteiger partial charge in [0.15, 0.2) is 5.78 Å². The van der Waals surface area contributed by atoms with Crippen LogP contribution >= 0.6 is 21.6 Å². The van der Waals surface area contributed by atoms with E-state index in [2.05, 4.69) is 5.32 Å². The normalized spacial score (nSPS) is 12.2. The Balaban J connectivity index is 3.98. The highest BCUT2D eigenvalue weighted by Crippen LogP contribution is 2.16. The van der Waals surface area contributed by atoms with Gasteiger partial charge in [0.1, 0.15) is 6.04 Å². The number of nitrogens with one attached hydrogen (secondary N) is 1. The molecule has 0 aromatic heterocycles. The quantitative estimate of drug-likeness (QED) is 0.493. The number of aliphatic hydroxyl groups excluding tert-OH is 1. The van der Waals surface area contributed by atoms with Gasteiger partial charge in [-0.15, -0.1) is 0 Å². The zero-order chi connectivity index (χ0) is 11.0. The van der Waals surface area contributed by atoms with Gasteiger partial charge in [-0.1, -0.05) is 21.6 Å². The lowest BCUT2D eigenvalue weighted by Gasteiger charge is -2.13. The van der Waals surface area contributed by atoms with Gasteiger partial charge in [0.05, 0.1) is 18.9 Å². The van der Waals surface area contributed by atoms with Crippen LogP contribution in [0.1, 0.15) is 0 Å². The highest BCUT2D eigenvalue weighted by atomic mass is 33.1. The predicted molar refractivity (Wildman–Crippen MR) is 59.1 cm³/mol. The molecule has 0 aliphatic heterocycles. The van der Waals surface area contributed by atoms with Crippen LogP contribution in [0.5, 0.6) is 0 Å². The Labute approximate surface area is 90.6 Å². The molecule has 4 N–H and O–H groups in total. The molecule has 14 heavy (non-hydrogen) atoms. The van der Waals surface area contributed by atoms with Gasteiger partial charge in [0, 0.05) is 0 Å². The van der Waals surface area contributed by atoms with E-state index in [1.807, 2.05) is 6.26 Å². The predicted octanol–water partition coefficient (Wildman–Crippen LogP) is -0.997. The van der Waals surface area contributed by atoms with Crippen LogP contribution in [0.4, 0.5) is 0 Å². The number of nitrogens with two attached hydrogens (primary N) is 1. The number of carbonyl (C=O) groups is 2. The van der Waals surface area contributed by atoms with E-state index in [1.165, 1.54) is 21.6 Å². The van der Waals surface area contributed by atoms with Crippen LogP contribution in [-0.4, -0.2) is 48.0 Å². The molecule has 0 aliphatic rings. The Morgan fingerprint density at radius 3 is 2.64 bits per heavy atom. The second-order valence-electron chi connectivity index (χ2n) is 2.40. The number of rotatable bonds is 7. The van der Waals surface area contributed by atoms with Crippen LogP contribution in [0.2, 0.25) is 0 Å². The number of ketones is 1. The fraction of sp³-hybridized carbons (Fsp3) is 0.714. The number of hydrogen-bond donors (Lipinski definition) is 3. The topological polar surface area (TPSA) is 92.4 Å². The van der Waals surface area contributed by atoms with Gasteiger partial charge < -0.3 is 16.2 Å². The molecule has 0 aromatic rings. The first-order valence-corrected chi connectivity index (χ1v) is 6.67. The molecule has 0 rings (SSSR count). The van der Waals surface area contributed by atoms with E-state index in [1.54, 1.807) is 0 Å². The molecule has 1 amide bonds. The second kappa shape index (κ2) is 8.10. The van der Waals surface area contributed by atoms with Crippen molar-refractivity contribution in [3.05, 3.63) is 0 Å². The van der Waals surface area contributed by atoms with Crippen molar-refractivity contribution >= 4 is 33.3 Å². The SMILES string of the molecule is CSSCC(=O)C(CO)NC(=O)CN. The first kappa shape index (κ1) is 13.8. The Bertz CT molecular complexity index is 201. The molecule has 5 nitrogen and oxygen atoms in total. The summed E-state index contributed by atoms with van der Waals surface area (Å²) in [6, 6.07) is -0.828. The summed E-state index contributed by atoms with van der Waals surface area (Å²) >= 11 is 0. The number of amides is 1. The zero-order valence-corrected chi connectivity index (χ0v) is 9.49. The maximum absolute atomic E-state index is 11.3. The molecule has 0 bridgehead atoms. The van der Waals surface area contributed by atoms with Gasteiger partial charge in [-0.2, -0.15) is 0 Å². The molecule has 0 saturated carbocycles. The lowest BCUT2D eigenvalue weighted by Crippen LogP contribution is -2.46. The number of carbonyl (C=O) groups excluding carboxylic acids is 2. The van der Waals surface area contributed by atoms with Gasteiger partial charge in [-0.05, 0) is 6.26 Å². The van der Waals surface area contributed by atoms with Crippen LogP contribution in [0.25, 0.3) is 0 Å². The van der Waals surface area contributed by atoms with Crippen molar-refractivity contribution in [1.82, 2.24) is 5.32 Å². The second-order valence-corrected chi connectivity index (χ2v) is 4.97. The number of aliphatic hydroxyl groups is 1. The zero-order valence-electron chi connectivity index (χ0n) is 7.86. The molecule has 0 heterocycles. The summed E-state index contributed by atoms with van der Waals surface area (Å²) in [5, 5.41) is 11.2. The fourth-order valence-corrected chi connectivity index (χ4v) is 1.84. The first-order valence-electron chi connectivity index (χ1n) is 3.94. The summed E-state index contributed by atoms with van der Waals surface area (Å²) in [5.74, 6) is -0.378. The van der Waals surface area contributed by atoms with Gasteiger partial charge >= 0.3 is 0 Å². The Morgan fingerprint density at radius 2 is 2.21 bits per heavy atom. The van der Waals surface area contributed by atoms with E-state index >= 15 is 0 Å². The van der Waals surface area contributed by atoms with E-state index in [0.717, 1.165) is 0 Å². The molecular formula is C7H14N2O3S2.